The van der Waals surface area contributed by atoms with E-state index in [0.717, 1.165) is 17.7 Å². The number of rotatable bonds is 7. The normalized spacial score (nSPS) is 18.0. The van der Waals surface area contributed by atoms with Gasteiger partial charge in [0.05, 0.1) is 7.11 Å². The largest absolute Gasteiger partial charge is 0.497 e. The number of benzene rings is 2. The Balaban J connectivity index is 1.27. The predicted octanol–water partition coefficient (Wildman–Crippen LogP) is 2.52. The first kappa shape index (κ1) is 20.9. The first-order chi connectivity index (χ1) is 15.0. The average Bonchev–Trinajstić information content (AvgIpc) is 3.08. The van der Waals surface area contributed by atoms with Gasteiger partial charge in [-0.3, -0.25) is 14.5 Å². The smallest absolute Gasteiger partial charge is 0.324 e. The summed E-state index contributed by atoms with van der Waals surface area (Å²) < 4.78 is 5.14. The van der Waals surface area contributed by atoms with Crippen molar-refractivity contribution in [2.24, 2.45) is 0 Å². The molecular weight excluding hydrogens is 394 g/mol. The molecule has 31 heavy (non-hydrogen) atoms. The fourth-order valence-corrected chi connectivity index (χ4v) is 4.15. The van der Waals surface area contributed by atoms with Gasteiger partial charge in [-0.2, -0.15) is 0 Å². The van der Waals surface area contributed by atoms with Crippen molar-refractivity contribution in [1.82, 2.24) is 15.1 Å². The zero-order valence-electron chi connectivity index (χ0n) is 17.7. The van der Waals surface area contributed by atoms with Crippen LogP contribution in [0, 0.1) is 0 Å². The molecule has 162 valence electrons. The van der Waals surface area contributed by atoms with Crippen molar-refractivity contribution in [2.45, 2.75) is 38.3 Å². The molecule has 1 atom stereocenters. The molecule has 0 aromatic heterocycles. The van der Waals surface area contributed by atoms with Crippen LogP contribution < -0.4 is 10.1 Å². The standard InChI is InChI=1S/C24H27N3O4/c1-31-20-8-6-17(7-9-20)12-15-27-23(29)21(25-24(27)30)10-11-22(28)26-14-13-18-4-2-3-5-19(18)16-26/h2-9,21H,10-16H2,1H3,(H,25,30)/t21-/m0/s1. The minimum atomic E-state index is -0.635. The molecule has 0 bridgehead atoms. The molecule has 2 aliphatic rings. The van der Waals surface area contributed by atoms with Crippen molar-refractivity contribution in [1.29, 1.82) is 0 Å². The molecule has 7 heteroatoms. The van der Waals surface area contributed by atoms with Gasteiger partial charge in [0.25, 0.3) is 5.91 Å². The summed E-state index contributed by atoms with van der Waals surface area (Å²) in [5, 5.41) is 2.73. The van der Waals surface area contributed by atoms with Gasteiger partial charge in [0.15, 0.2) is 0 Å². The number of urea groups is 1. The number of methoxy groups -OCH3 is 1. The molecule has 2 aliphatic heterocycles. The van der Waals surface area contributed by atoms with E-state index in [4.69, 9.17) is 4.74 Å². The maximum absolute atomic E-state index is 12.7. The average molecular weight is 421 g/mol. The van der Waals surface area contributed by atoms with Gasteiger partial charge in [0.1, 0.15) is 11.8 Å². The second-order valence-electron chi connectivity index (χ2n) is 7.96. The third-order valence-electron chi connectivity index (χ3n) is 6.02. The Hall–Kier alpha value is -3.35. The molecule has 0 saturated carbocycles. The molecule has 2 heterocycles. The lowest BCUT2D eigenvalue weighted by atomic mass is 9.99. The summed E-state index contributed by atoms with van der Waals surface area (Å²) in [6, 6.07) is 14.7. The zero-order valence-corrected chi connectivity index (χ0v) is 17.7. The fraction of sp³-hybridized carbons (Fsp3) is 0.375. The Morgan fingerprint density at radius 2 is 1.84 bits per heavy atom. The maximum Gasteiger partial charge on any atom is 0.324 e. The summed E-state index contributed by atoms with van der Waals surface area (Å²) in [5.74, 6) is 0.532. The van der Waals surface area contributed by atoms with E-state index in [0.29, 0.717) is 32.5 Å². The SMILES string of the molecule is COc1ccc(CCN2C(=O)N[C@@H](CCC(=O)N3CCc4ccccc4C3)C2=O)cc1. The molecule has 4 amide bonds. The van der Waals surface area contributed by atoms with Crippen LogP contribution in [0.4, 0.5) is 4.79 Å². The van der Waals surface area contributed by atoms with Crippen LogP contribution in [-0.4, -0.2) is 53.9 Å². The first-order valence-electron chi connectivity index (χ1n) is 10.6. The molecule has 1 N–H and O–H groups in total. The van der Waals surface area contributed by atoms with E-state index >= 15 is 0 Å². The molecule has 2 aromatic rings. The van der Waals surface area contributed by atoms with Crippen LogP contribution in [0.3, 0.4) is 0 Å². The van der Waals surface area contributed by atoms with Gasteiger partial charge < -0.3 is 15.0 Å². The van der Waals surface area contributed by atoms with Gasteiger partial charge in [0, 0.05) is 26.1 Å². The summed E-state index contributed by atoms with van der Waals surface area (Å²) in [4.78, 5) is 40.7. The third-order valence-corrected chi connectivity index (χ3v) is 6.02. The van der Waals surface area contributed by atoms with E-state index in [1.807, 2.05) is 41.3 Å². The number of ether oxygens (including phenoxy) is 1. The van der Waals surface area contributed by atoms with Crippen molar-refractivity contribution >= 4 is 17.8 Å². The second kappa shape index (κ2) is 9.20. The zero-order chi connectivity index (χ0) is 21.8. The number of imide groups is 1. The van der Waals surface area contributed by atoms with Crippen LogP contribution in [-0.2, 0) is 29.0 Å². The summed E-state index contributed by atoms with van der Waals surface area (Å²) in [5.41, 5.74) is 3.49. The van der Waals surface area contributed by atoms with Gasteiger partial charge in [0.2, 0.25) is 5.91 Å². The second-order valence-corrected chi connectivity index (χ2v) is 7.96. The van der Waals surface area contributed by atoms with E-state index in [9.17, 15) is 14.4 Å². The van der Waals surface area contributed by atoms with Crippen molar-refractivity contribution in [3.8, 4) is 5.75 Å². The number of amides is 4. The highest BCUT2D eigenvalue weighted by Gasteiger charge is 2.37. The Labute approximate surface area is 182 Å². The molecule has 1 fully saturated rings. The van der Waals surface area contributed by atoms with Crippen molar-refractivity contribution < 1.29 is 19.1 Å². The number of hydrogen-bond donors (Lipinski definition) is 1. The Morgan fingerprint density at radius 3 is 2.58 bits per heavy atom. The van der Waals surface area contributed by atoms with E-state index in [2.05, 4.69) is 17.4 Å². The molecule has 0 spiro atoms. The summed E-state index contributed by atoms with van der Waals surface area (Å²) >= 11 is 0. The Morgan fingerprint density at radius 1 is 1.10 bits per heavy atom. The van der Waals surface area contributed by atoms with Gasteiger partial charge in [-0.05, 0) is 48.1 Å². The maximum atomic E-state index is 12.7. The number of nitrogens with one attached hydrogen (secondary N) is 1. The van der Waals surface area contributed by atoms with Crippen LogP contribution in [0.1, 0.15) is 29.5 Å². The molecule has 1 saturated heterocycles. The fourth-order valence-electron chi connectivity index (χ4n) is 4.15. The molecule has 4 rings (SSSR count). The number of nitrogens with zero attached hydrogens (tertiary/aromatic N) is 2. The van der Waals surface area contributed by atoms with E-state index in [-0.39, 0.29) is 24.3 Å². The number of fused-ring (bicyclic) bond motifs is 1. The van der Waals surface area contributed by atoms with Gasteiger partial charge in [-0.1, -0.05) is 36.4 Å². The minimum absolute atomic E-state index is 0.0215. The minimum Gasteiger partial charge on any atom is -0.497 e. The Bertz CT molecular complexity index is 973. The van der Waals surface area contributed by atoms with Crippen LogP contribution in [0.25, 0.3) is 0 Å². The number of carbonyl (C=O) groups excluding carboxylic acids is 3. The molecule has 2 aromatic carbocycles. The lowest BCUT2D eigenvalue weighted by Gasteiger charge is -2.29. The predicted molar refractivity (Wildman–Crippen MR) is 116 cm³/mol. The highest BCUT2D eigenvalue weighted by atomic mass is 16.5. The van der Waals surface area contributed by atoms with Gasteiger partial charge >= 0.3 is 6.03 Å². The molecule has 0 radical (unpaired) electrons. The van der Waals surface area contributed by atoms with Gasteiger partial charge in [-0.25, -0.2) is 4.79 Å². The van der Waals surface area contributed by atoms with Crippen LogP contribution in [0.5, 0.6) is 5.75 Å². The van der Waals surface area contributed by atoms with Crippen LogP contribution in [0.2, 0.25) is 0 Å². The van der Waals surface area contributed by atoms with Crippen LogP contribution in [0.15, 0.2) is 48.5 Å². The summed E-state index contributed by atoms with van der Waals surface area (Å²) in [6.45, 7) is 1.60. The third kappa shape index (κ3) is 4.71. The monoisotopic (exact) mass is 421 g/mol. The molecule has 7 nitrogen and oxygen atoms in total. The number of carbonyl (C=O) groups is 3. The van der Waals surface area contributed by atoms with E-state index < -0.39 is 6.04 Å². The van der Waals surface area contributed by atoms with E-state index in [1.165, 1.54) is 16.0 Å². The molecule has 0 aliphatic carbocycles. The van der Waals surface area contributed by atoms with E-state index in [1.54, 1.807) is 7.11 Å². The molecule has 0 unspecified atom stereocenters. The molecular formula is C24H27N3O4. The van der Waals surface area contributed by atoms with Crippen molar-refractivity contribution in [2.75, 3.05) is 20.2 Å². The Kier molecular flexibility index (Phi) is 6.21. The summed E-state index contributed by atoms with van der Waals surface area (Å²) in [6.07, 6.45) is 1.98. The highest BCUT2D eigenvalue weighted by molar-refractivity contribution is 6.04. The van der Waals surface area contributed by atoms with Crippen molar-refractivity contribution in [3.63, 3.8) is 0 Å². The van der Waals surface area contributed by atoms with Crippen molar-refractivity contribution in [3.05, 3.63) is 65.2 Å². The number of hydrogen-bond acceptors (Lipinski definition) is 4. The van der Waals surface area contributed by atoms with Gasteiger partial charge in [-0.15, -0.1) is 0 Å². The lowest BCUT2D eigenvalue weighted by molar-refractivity contribution is -0.132. The highest BCUT2D eigenvalue weighted by Crippen LogP contribution is 2.20. The lowest BCUT2D eigenvalue weighted by Crippen LogP contribution is -2.37. The first-order valence-corrected chi connectivity index (χ1v) is 10.6. The van der Waals surface area contributed by atoms with Crippen LogP contribution >= 0.6 is 0 Å². The quantitative estimate of drug-likeness (QED) is 0.697. The topological polar surface area (TPSA) is 79.0 Å². The summed E-state index contributed by atoms with van der Waals surface area (Å²) in [7, 11) is 1.61.